The lowest BCUT2D eigenvalue weighted by atomic mass is 10.7. The third-order valence-electron chi connectivity index (χ3n) is 1.64. The molecule has 0 aromatic rings. The fourth-order valence-electron chi connectivity index (χ4n) is 0.627. The number of ether oxygens (including phenoxy) is 2. The number of hydrogen-bond acceptors (Lipinski definition) is 9. The summed E-state index contributed by atoms with van der Waals surface area (Å²) in [6, 6.07) is 0. The predicted molar refractivity (Wildman–Crippen MR) is 60.0 cm³/mol. The summed E-state index contributed by atoms with van der Waals surface area (Å²) in [6.07, 6.45) is 0. The van der Waals surface area contributed by atoms with Crippen molar-refractivity contribution in [1.82, 2.24) is 10.1 Å². The summed E-state index contributed by atoms with van der Waals surface area (Å²) in [4.78, 5) is 21.1. The maximum absolute atomic E-state index is 11.1. The lowest BCUT2D eigenvalue weighted by molar-refractivity contribution is -0.194. The third kappa shape index (κ3) is 9.69. The van der Waals surface area contributed by atoms with Crippen LogP contribution in [0.5, 0.6) is 0 Å². The summed E-state index contributed by atoms with van der Waals surface area (Å²) in [7, 11) is -2.54. The van der Waals surface area contributed by atoms with Crippen LogP contribution in [0.25, 0.3) is 0 Å². The molecule has 0 fully saturated rings. The second kappa shape index (κ2) is 10.6. The molecule has 0 rings (SSSR count). The number of amides is 2. The maximum atomic E-state index is 11.1. The highest BCUT2D eigenvalue weighted by Crippen LogP contribution is 2.22. The van der Waals surface area contributed by atoms with E-state index in [4.69, 9.17) is 10.4 Å². The molecule has 0 spiro atoms. The molecule has 0 saturated heterocycles. The standard InChI is InChI=1S/C8H16N2O9P/c1-7(11)9(13)3-16-5-18-20(15)19-6-17-4-10(14)8(2)12/h13-14H,3-6H2,1-2H3/q+1. The molecule has 0 atom stereocenters. The molecule has 0 bridgehead atoms. The first-order valence-electron chi connectivity index (χ1n) is 5.17. The fourth-order valence-corrected chi connectivity index (χ4v) is 1.02. The molecule has 2 amide bonds. The van der Waals surface area contributed by atoms with Gasteiger partial charge in [-0.3, -0.25) is 20.0 Å². The second-order valence-corrected chi connectivity index (χ2v) is 4.18. The van der Waals surface area contributed by atoms with E-state index in [9.17, 15) is 14.2 Å². The first kappa shape index (κ1) is 18.8. The lowest BCUT2D eigenvalue weighted by Crippen LogP contribution is -2.27. The van der Waals surface area contributed by atoms with Gasteiger partial charge in [-0.1, -0.05) is 9.05 Å². The van der Waals surface area contributed by atoms with Crippen LogP contribution in [0.3, 0.4) is 0 Å². The van der Waals surface area contributed by atoms with Crippen LogP contribution < -0.4 is 0 Å². The normalized spacial score (nSPS) is 10.2. The van der Waals surface area contributed by atoms with Crippen LogP contribution in [-0.2, 0) is 32.7 Å². The molecule has 0 heterocycles. The summed E-state index contributed by atoms with van der Waals surface area (Å²) in [5, 5.41) is 18.3. The Morgan fingerprint density at radius 3 is 1.60 bits per heavy atom. The average molecular weight is 315 g/mol. The van der Waals surface area contributed by atoms with Crippen LogP contribution in [0.2, 0.25) is 0 Å². The summed E-state index contributed by atoms with van der Waals surface area (Å²) in [5.74, 6) is -1.25. The van der Waals surface area contributed by atoms with Crippen LogP contribution in [-0.4, -0.2) is 59.4 Å². The smallest absolute Gasteiger partial charge is 0.327 e. The van der Waals surface area contributed by atoms with E-state index in [0.29, 0.717) is 0 Å². The molecule has 0 unspecified atom stereocenters. The van der Waals surface area contributed by atoms with E-state index in [0.717, 1.165) is 13.8 Å². The Morgan fingerprint density at radius 2 is 1.30 bits per heavy atom. The highest BCUT2D eigenvalue weighted by Gasteiger charge is 2.21. The largest absolute Gasteiger partial charge is 0.702 e. The van der Waals surface area contributed by atoms with Gasteiger partial charge in [-0.25, -0.2) is 0 Å². The fraction of sp³-hybridized carbons (Fsp3) is 0.750. The van der Waals surface area contributed by atoms with Gasteiger partial charge in [0.15, 0.2) is 0 Å². The van der Waals surface area contributed by atoms with E-state index in [1.54, 1.807) is 0 Å². The van der Waals surface area contributed by atoms with Gasteiger partial charge >= 0.3 is 8.25 Å². The zero-order valence-corrected chi connectivity index (χ0v) is 11.8. The number of carbonyl (C=O) groups is 2. The van der Waals surface area contributed by atoms with Gasteiger partial charge in [-0.15, -0.1) is 0 Å². The molecule has 0 aliphatic carbocycles. The van der Waals surface area contributed by atoms with Crippen molar-refractivity contribution in [3.8, 4) is 0 Å². The third-order valence-corrected chi connectivity index (χ3v) is 2.27. The number of carbonyl (C=O) groups excluding carboxylic acids is 2. The molecule has 20 heavy (non-hydrogen) atoms. The minimum atomic E-state index is -2.54. The van der Waals surface area contributed by atoms with Crippen molar-refractivity contribution < 1.29 is 43.1 Å². The second-order valence-electron chi connectivity index (χ2n) is 3.22. The van der Waals surface area contributed by atoms with E-state index in [-0.39, 0.29) is 10.1 Å². The van der Waals surface area contributed by atoms with E-state index in [1.807, 2.05) is 0 Å². The first-order valence-corrected chi connectivity index (χ1v) is 6.26. The van der Waals surface area contributed by atoms with E-state index < -0.39 is 47.1 Å². The first-order chi connectivity index (χ1) is 9.34. The summed E-state index contributed by atoms with van der Waals surface area (Å²) < 4.78 is 29.4. The van der Waals surface area contributed by atoms with Crippen molar-refractivity contribution in [2.24, 2.45) is 0 Å². The van der Waals surface area contributed by atoms with E-state index in [2.05, 4.69) is 18.5 Å². The summed E-state index contributed by atoms with van der Waals surface area (Å²) >= 11 is 0. The monoisotopic (exact) mass is 315 g/mol. The summed E-state index contributed by atoms with van der Waals surface area (Å²) in [5.41, 5.74) is 0. The van der Waals surface area contributed by atoms with E-state index >= 15 is 0 Å². The zero-order valence-electron chi connectivity index (χ0n) is 10.9. The lowest BCUT2D eigenvalue weighted by Gasteiger charge is -2.10. The minimum Gasteiger partial charge on any atom is -0.327 e. The molecule has 12 heteroatoms. The van der Waals surface area contributed by atoms with Gasteiger partial charge < -0.3 is 9.47 Å². The van der Waals surface area contributed by atoms with Crippen molar-refractivity contribution in [2.75, 3.05) is 27.0 Å². The van der Waals surface area contributed by atoms with Gasteiger partial charge in [0.2, 0.25) is 25.4 Å². The molecule has 0 aliphatic heterocycles. The quantitative estimate of drug-likeness (QED) is 0.188. The molecular weight excluding hydrogens is 299 g/mol. The van der Waals surface area contributed by atoms with Crippen molar-refractivity contribution in [2.45, 2.75) is 13.8 Å². The molecule has 0 aliphatic rings. The molecule has 0 radical (unpaired) electrons. The molecule has 11 nitrogen and oxygen atoms in total. The number of rotatable bonds is 10. The number of hydrogen-bond donors (Lipinski definition) is 2. The zero-order chi connectivity index (χ0) is 15.5. The van der Waals surface area contributed by atoms with Gasteiger partial charge in [0.1, 0.15) is 13.5 Å². The van der Waals surface area contributed by atoms with Crippen LogP contribution in [0, 0.1) is 0 Å². The Hall–Kier alpha value is -1.20. The Morgan fingerprint density at radius 1 is 0.950 bits per heavy atom. The molecule has 0 aromatic heterocycles. The Bertz CT molecular complexity index is 310. The minimum absolute atomic E-state index is 0.290. The molecule has 0 saturated carbocycles. The molecule has 2 N–H and O–H groups in total. The summed E-state index contributed by atoms with van der Waals surface area (Å²) in [6.45, 7) is 0.367. The van der Waals surface area contributed by atoms with Gasteiger partial charge in [0.05, 0.1) is 0 Å². The van der Waals surface area contributed by atoms with Gasteiger partial charge in [0.25, 0.3) is 0 Å². The van der Waals surface area contributed by atoms with Gasteiger partial charge in [0, 0.05) is 18.4 Å². The Balaban J connectivity index is 3.51. The topological polar surface area (TPSA) is 135 Å². The Labute approximate surface area is 115 Å². The van der Waals surface area contributed by atoms with Crippen molar-refractivity contribution in [3.05, 3.63) is 0 Å². The van der Waals surface area contributed by atoms with Gasteiger partial charge in [-0.05, 0) is 0 Å². The van der Waals surface area contributed by atoms with Crippen molar-refractivity contribution in [1.29, 1.82) is 0 Å². The van der Waals surface area contributed by atoms with Crippen molar-refractivity contribution in [3.63, 3.8) is 0 Å². The molecular formula is C8H16N2O9P+. The average Bonchev–Trinajstić information content (AvgIpc) is 2.38. The van der Waals surface area contributed by atoms with Gasteiger partial charge in [-0.2, -0.15) is 10.1 Å². The van der Waals surface area contributed by atoms with Crippen LogP contribution in [0.4, 0.5) is 0 Å². The molecule has 116 valence electrons. The van der Waals surface area contributed by atoms with Crippen LogP contribution in [0.15, 0.2) is 0 Å². The van der Waals surface area contributed by atoms with Crippen LogP contribution >= 0.6 is 8.25 Å². The van der Waals surface area contributed by atoms with Crippen LogP contribution in [0.1, 0.15) is 13.8 Å². The number of nitrogens with zero attached hydrogens (tertiary/aromatic N) is 2. The molecule has 0 aromatic carbocycles. The maximum Gasteiger partial charge on any atom is 0.702 e. The highest BCUT2D eigenvalue weighted by atomic mass is 31.1. The van der Waals surface area contributed by atoms with Crippen molar-refractivity contribution >= 4 is 20.1 Å². The number of hydroxylamine groups is 4. The SMILES string of the molecule is CC(=O)N(O)COCO[P+](=O)OCOCN(O)C(C)=O. The van der Waals surface area contributed by atoms with E-state index in [1.165, 1.54) is 0 Å². The highest BCUT2D eigenvalue weighted by molar-refractivity contribution is 7.33. The predicted octanol–water partition coefficient (Wildman–Crippen LogP) is 0.0156. The Kier molecular flexibility index (Phi) is 9.94.